The third-order valence-corrected chi connectivity index (χ3v) is 13.5. The zero-order valence-electron chi connectivity index (χ0n) is 22.8. The molecule has 0 aliphatic rings. The van der Waals surface area contributed by atoms with Gasteiger partial charge in [-0.2, -0.15) is 0 Å². The van der Waals surface area contributed by atoms with Gasteiger partial charge in [0.15, 0.2) is 0 Å². The summed E-state index contributed by atoms with van der Waals surface area (Å²) < 4.78 is 0. The normalized spacial score (nSPS) is 14.1. The molecule has 0 amide bonds. The summed E-state index contributed by atoms with van der Waals surface area (Å²) in [5, 5.41) is 2.92. The molecule has 0 nitrogen and oxygen atoms in total. The van der Waals surface area contributed by atoms with Gasteiger partial charge in [-0.25, -0.2) is 0 Å². The first-order chi connectivity index (χ1) is 10.7. The van der Waals surface area contributed by atoms with Crippen LogP contribution in [0.3, 0.4) is 0 Å². The van der Waals surface area contributed by atoms with Crippen molar-refractivity contribution in [1.29, 1.82) is 0 Å². The molecule has 0 heterocycles. The molecule has 0 aliphatic carbocycles. The van der Waals surface area contributed by atoms with Gasteiger partial charge < -0.3 is 24.8 Å². The molecule has 28 heavy (non-hydrogen) atoms. The van der Waals surface area contributed by atoms with Crippen LogP contribution < -0.4 is 24.8 Å². The van der Waals surface area contributed by atoms with Crippen molar-refractivity contribution in [3.8, 4) is 0 Å². The summed E-state index contributed by atoms with van der Waals surface area (Å²) in [6, 6.07) is 0. The summed E-state index contributed by atoms with van der Waals surface area (Å²) in [5.41, 5.74) is 0. The van der Waals surface area contributed by atoms with Crippen molar-refractivity contribution >= 4 is 15.8 Å². The molecule has 4 heteroatoms. The first-order valence-electron chi connectivity index (χ1n) is 10.5. The van der Waals surface area contributed by atoms with Crippen LogP contribution in [-0.4, -0.2) is 30.9 Å². The van der Waals surface area contributed by atoms with E-state index >= 15 is 0 Å². The standard InChI is InChI=1S/2C12H27P.2ClH/c2*1-10(2,3)13(11(4,5)6)12(7,8)9;;/h2*1-9H3;2*1H. The van der Waals surface area contributed by atoms with Gasteiger partial charge in [0.05, 0.1) is 30.9 Å². The van der Waals surface area contributed by atoms with Crippen LogP contribution >= 0.6 is 15.8 Å². The third-order valence-electron chi connectivity index (χ3n) is 4.50. The summed E-state index contributed by atoms with van der Waals surface area (Å²) >= 11 is 0. The summed E-state index contributed by atoms with van der Waals surface area (Å²) in [6.45, 7) is 43.2. The monoisotopic (exact) mass is 476 g/mol. The lowest BCUT2D eigenvalue weighted by Gasteiger charge is -2.42. The van der Waals surface area contributed by atoms with E-state index in [1.165, 1.54) is 0 Å². The molecule has 0 unspecified atom stereocenters. The summed E-state index contributed by atoms with van der Waals surface area (Å²) in [4.78, 5) is 0. The molecule has 176 valence electrons. The van der Waals surface area contributed by atoms with Crippen molar-refractivity contribution in [3.05, 3.63) is 0 Å². The van der Waals surface area contributed by atoms with Crippen LogP contribution in [0.2, 0.25) is 0 Å². The Kier molecular flexibility index (Phi) is 14.9. The summed E-state index contributed by atoms with van der Waals surface area (Å²) in [6.07, 6.45) is 0. The lowest BCUT2D eigenvalue weighted by molar-refractivity contribution is -0.00100. The first-order valence-corrected chi connectivity index (χ1v) is 13.5. The Hall–Kier alpha value is 1.44. The van der Waals surface area contributed by atoms with Crippen molar-refractivity contribution in [2.45, 2.75) is 156 Å². The zero-order chi connectivity index (χ0) is 22.2. The molecule has 0 saturated heterocycles. The topological polar surface area (TPSA) is 0 Å². The van der Waals surface area contributed by atoms with Gasteiger partial charge in [-0.05, 0) is 125 Å². The van der Waals surface area contributed by atoms with Crippen LogP contribution in [0, 0.1) is 0 Å². The Morgan fingerprint density at radius 1 is 0.250 bits per heavy atom. The average Bonchev–Trinajstić information content (AvgIpc) is 1.97. The van der Waals surface area contributed by atoms with Gasteiger partial charge in [0.2, 0.25) is 0 Å². The maximum Gasteiger partial charge on any atom is 0.0703 e. The highest BCUT2D eigenvalue weighted by Gasteiger charge is 2.50. The highest BCUT2D eigenvalue weighted by molar-refractivity contribution is 7.62. The highest BCUT2D eigenvalue weighted by Crippen LogP contribution is 2.67. The Morgan fingerprint density at radius 3 is 0.321 bits per heavy atom. The van der Waals surface area contributed by atoms with Gasteiger partial charge in [0.1, 0.15) is 0 Å². The van der Waals surface area contributed by atoms with Crippen molar-refractivity contribution in [2.75, 3.05) is 0 Å². The largest absolute Gasteiger partial charge is 1.00 e. The quantitative estimate of drug-likeness (QED) is 0.470. The van der Waals surface area contributed by atoms with Gasteiger partial charge in [-0.15, -0.1) is 0 Å². The Labute approximate surface area is 195 Å². The van der Waals surface area contributed by atoms with Crippen LogP contribution in [0.15, 0.2) is 0 Å². The van der Waals surface area contributed by atoms with Crippen LogP contribution in [-0.2, 0) is 0 Å². The second kappa shape index (κ2) is 11.3. The highest BCUT2D eigenvalue weighted by atomic mass is 35.5. The van der Waals surface area contributed by atoms with E-state index in [1.54, 1.807) is 0 Å². The molecular formula is C24H56Cl2P2. The minimum Gasteiger partial charge on any atom is -1.00 e. The molecular weight excluding hydrogens is 421 g/mol. The molecule has 0 N–H and O–H groups in total. The van der Waals surface area contributed by atoms with Gasteiger partial charge >= 0.3 is 0 Å². The molecule has 0 atom stereocenters. The van der Waals surface area contributed by atoms with E-state index in [0.29, 0.717) is 30.9 Å². The molecule has 0 spiro atoms. The van der Waals surface area contributed by atoms with Crippen molar-refractivity contribution in [1.82, 2.24) is 0 Å². The predicted molar refractivity (Wildman–Crippen MR) is 135 cm³/mol. The molecule has 0 saturated carbocycles. The Bertz CT molecular complexity index is 308. The van der Waals surface area contributed by atoms with E-state index in [0.717, 1.165) is 0 Å². The predicted octanol–water partition coefficient (Wildman–Crippen LogP) is 3.20. The molecule has 0 aromatic carbocycles. The van der Waals surface area contributed by atoms with E-state index in [9.17, 15) is 0 Å². The molecule has 0 aliphatic heterocycles. The van der Waals surface area contributed by atoms with Gasteiger partial charge in [0, 0.05) is 15.8 Å². The minimum atomic E-state index is -0.391. The fraction of sp³-hybridized carbons (Fsp3) is 1.00. The lowest BCUT2D eigenvalue weighted by Crippen LogP contribution is -3.00. The SMILES string of the molecule is CC(C)(C)[PH+](C(C)(C)C)C(C)(C)C.CC(C)(C)[PH+](C(C)(C)C)C(C)(C)C.[Cl-].[Cl-]. The fourth-order valence-corrected chi connectivity index (χ4v) is 20.2. The van der Waals surface area contributed by atoms with Gasteiger partial charge in [-0.1, -0.05) is 0 Å². The maximum atomic E-state index is 2.40. The first kappa shape index (κ1) is 36.8. The maximum absolute atomic E-state index is 2.40. The van der Waals surface area contributed by atoms with E-state index in [1.807, 2.05) is 0 Å². The molecule has 0 bridgehead atoms. The summed E-state index contributed by atoms with van der Waals surface area (Å²) in [7, 11) is -0.782. The fourth-order valence-electron chi connectivity index (χ4n) is 6.75. The van der Waals surface area contributed by atoms with Gasteiger partial charge in [0.25, 0.3) is 0 Å². The smallest absolute Gasteiger partial charge is 0.0703 e. The minimum absolute atomic E-state index is 0. The van der Waals surface area contributed by atoms with Crippen LogP contribution in [0.5, 0.6) is 0 Å². The molecule has 0 aromatic heterocycles. The van der Waals surface area contributed by atoms with E-state index < -0.39 is 15.8 Å². The van der Waals surface area contributed by atoms with E-state index in [2.05, 4.69) is 125 Å². The molecule has 0 rings (SSSR count). The van der Waals surface area contributed by atoms with E-state index in [4.69, 9.17) is 0 Å². The Balaban J connectivity index is -0.000000192. The molecule has 0 aromatic rings. The number of hydrogen-bond acceptors (Lipinski definition) is 0. The van der Waals surface area contributed by atoms with Gasteiger partial charge in [-0.3, -0.25) is 0 Å². The Morgan fingerprint density at radius 2 is 0.321 bits per heavy atom. The number of hydrogen-bond donors (Lipinski definition) is 0. The van der Waals surface area contributed by atoms with Crippen molar-refractivity contribution in [3.63, 3.8) is 0 Å². The molecule has 0 fully saturated rings. The van der Waals surface area contributed by atoms with Crippen LogP contribution in [0.1, 0.15) is 125 Å². The second-order valence-electron chi connectivity index (χ2n) is 14.2. The zero-order valence-corrected chi connectivity index (χ0v) is 26.3. The van der Waals surface area contributed by atoms with Crippen molar-refractivity contribution in [2.24, 2.45) is 0 Å². The van der Waals surface area contributed by atoms with Crippen LogP contribution in [0.4, 0.5) is 0 Å². The number of halogens is 2. The average molecular weight is 478 g/mol. The third kappa shape index (κ3) is 13.7. The molecule has 0 radical (unpaired) electrons. The van der Waals surface area contributed by atoms with E-state index in [-0.39, 0.29) is 24.8 Å². The lowest BCUT2D eigenvalue weighted by atomic mass is 10.2. The second-order valence-corrected chi connectivity index (χ2v) is 24.8. The summed E-state index contributed by atoms with van der Waals surface area (Å²) in [5.74, 6) is 0. The van der Waals surface area contributed by atoms with Crippen LogP contribution in [0.25, 0.3) is 0 Å². The van der Waals surface area contributed by atoms with Crippen molar-refractivity contribution < 1.29 is 24.8 Å². The number of rotatable bonds is 0.